The minimum absolute atomic E-state index is 0.182. The summed E-state index contributed by atoms with van der Waals surface area (Å²) in [4.78, 5) is 0. The van der Waals surface area contributed by atoms with Crippen molar-refractivity contribution in [2.24, 2.45) is 0 Å². The number of rotatable bonds is 7. The summed E-state index contributed by atoms with van der Waals surface area (Å²) in [7, 11) is 0. The van der Waals surface area contributed by atoms with E-state index in [9.17, 15) is 4.39 Å². The lowest BCUT2D eigenvalue weighted by Gasteiger charge is -2.16. The number of thioether (sulfide) groups is 1. The highest BCUT2D eigenvalue weighted by atomic mass is 32.2. The van der Waals surface area contributed by atoms with Crippen LogP contribution in [-0.4, -0.2) is 29.8 Å². The summed E-state index contributed by atoms with van der Waals surface area (Å²) in [5.41, 5.74) is 0.934. The highest BCUT2D eigenvalue weighted by Gasteiger charge is 2.06. The van der Waals surface area contributed by atoms with E-state index >= 15 is 0 Å². The SMILES string of the molecule is CSCC(CCO)NCc1cccc(F)c1. The maximum atomic E-state index is 12.9. The maximum Gasteiger partial charge on any atom is 0.123 e. The molecule has 0 amide bonds. The van der Waals surface area contributed by atoms with Crippen LogP contribution in [0.15, 0.2) is 24.3 Å². The van der Waals surface area contributed by atoms with Crippen molar-refractivity contribution in [1.82, 2.24) is 5.32 Å². The smallest absolute Gasteiger partial charge is 0.123 e. The fraction of sp³-hybridized carbons (Fsp3) is 0.500. The third-order valence-corrected chi connectivity index (χ3v) is 3.07. The minimum atomic E-state index is -0.206. The van der Waals surface area contributed by atoms with Crippen LogP contribution < -0.4 is 5.32 Å². The Labute approximate surface area is 100 Å². The molecular weight excluding hydrogens is 225 g/mol. The van der Waals surface area contributed by atoms with Crippen molar-refractivity contribution in [3.63, 3.8) is 0 Å². The second kappa shape index (κ2) is 7.65. The molecule has 4 heteroatoms. The summed E-state index contributed by atoms with van der Waals surface area (Å²) >= 11 is 1.74. The molecule has 0 aromatic heterocycles. The molecule has 1 aromatic rings. The molecule has 0 saturated carbocycles. The van der Waals surface area contributed by atoms with E-state index in [1.54, 1.807) is 17.8 Å². The van der Waals surface area contributed by atoms with Gasteiger partial charge in [0.2, 0.25) is 0 Å². The third-order valence-electron chi connectivity index (χ3n) is 2.33. The Kier molecular flexibility index (Phi) is 6.45. The molecule has 2 N–H and O–H groups in total. The van der Waals surface area contributed by atoms with Gasteiger partial charge in [0.15, 0.2) is 0 Å². The van der Waals surface area contributed by atoms with Gasteiger partial charge in [0, 0.05) is 24.9 Å². The van der Waals surface area contributed by atoms with Crippen LogP contribution in [0.3, 0.4) is 0 Å². The molecule has 90 valence electrons. The van der Waals surface area contributed by atoms with E-state index in [0.717, 1.165) is 17.7 Å². The molecule has 0 aliphatic heterocycles. The normalized spacial score (nSPS) is 12.7. The number of hydrogen-bond acceptors (Lipinski definition) is 3. The first-order valence-electron chi connectivity index (χ1n) is 5.34. The van der Waals surface area contributed by atoms with Gasteiger partial charge in [-0.2, -0.15) is 11.8 Å². The van der Waals surface area contributed by atoms with Crippen LogP contribution in [0.1, 0.15) is 12.0 Å². The fourth-order valence-corrected chi connectivity index (χ4v) is 2.20. The lowest BCUT2D eigenvalue weighted by atomic mass is 10.2. The molecule has 1 rings (SSSR count). The number of nitrogens with one attached hydrogen (secondary N) is 1. The van der Waals surface area contributed by atoms with Crippen molar-refractivity contribution < 1.29 is 9.50 Å². The van der Waals surface area contributed by atoms with Crippen molar-refractivity contribution in [3.8, 4) is 0 Å². The number of aliphatic hydroxyl groups is 1. The van der Waals surface area contributed by atoms with Gasteiger partial charge < -0.3 is 10.4 Å². The van der Waals surface area contributed by atoms with E-state index in [-0.39, 0.29) is 18.5 Å². The average molecular weight is 243 g/mol. The quantitative estimate of drug-likeness (QED) is 0.768. The van der Waals surface area contributed by atoms with Gasteiger partial charge in [0.25, 0.3) is 0 Å². The summed E-state index contributed by atoms with van der Waals surface area (Å²) in [5, 5.41) is 12.2. The average Bonchev–Trinajstić information content (AvgIpc) is 2.27. The zero-order valence-corrected chi connectivity index (χ0v) is 10.3. The van der Waals surface area contributed by atoms with Crippen molar-refractivity contribution in [2.75, 3.05) is 18.6 Å². The van der Waals surface area contributed by atoms with Crippen molar-refractivity contribution in [1.29, 1.82) is 0 Å². The molecule has 0 radical (unpaired) electrons. The van der Waals surface area contributed by atoms with Crippen LogP contribution in [-0.2, 0) is 6.54 Å². The molecule has 2 nitrogen and oxygen atoms in total. The highest BCUT2D eigenvalue weighted by Crippen LogP contribution is 2.06. The van der Waals surface area contributed by atoms with Gasteiger partial charge in [-0.15, -0.1) is 0 Å². The van der Waals surface area contributed by atoms with E-state index in [1.165, 1.54) is 12.1 Å². The Morgan fingerprint density at radius 1 is 1.50 bits per heavy atom. The molecule has 1 unspecified atom stereocenters. The van der Waals surface area contributed by atoms with Gasteiger partial charge in [0.05, 0.1) is 0 Å². The second-order valence-corrected chi connectivity index (χ2v) is 4.59. The monoisotopic (exact) mass is 243 g/mol. The van der Waals surface area contributed by atoms with Gasteiger partial charge in [-0.25, -0.2) is 4.39 Å². The second-order valence-electron chi connectivity index (χ2n) is 3.68. The van der Waals surface area contributed by atoms with E-state index in [0.29, 0.717) is 6.54 Å². The molecule has 1 aromatic carbocycles. The zero-order valence-electron chi connectivity index (χ0n) is 9.45. The van der Waals surface area contributed by atoms with Gasteiger partial charge in [0.1, 0.15) is 5.82 Å². The van der Waals surface area contributed by atoms with E-state index in [2.05, 4.69) is 5.32 Å². The molecular formula is C12H18FNOS. The molecule has 0 fully saturated rings. The van der Waals surface area contributed by atoms with Gasteiger partial charge >= 0.3 is 0 Å². The van der Waals surface area contributed by atoms with Crippen molar-refractivity contribution >= 4 is 11.8 Å². The lowest BCUT2D eigenvalue weighted by Crippen LogP contribution is -2.31. The molecule has 1 atom stereocenters. The Morgan fingerprint density at radius 3 is 2.94 bits per heavy atom. The maximum absolute atomic E-state index is 12.9. The first-order valence-corrected chi connectivity index (χ1v) is 6.73. The summed E-state index contributed by atoms with van der Waals surface area (Å²) in [6.45, 7) is 0.824. The molecule has 16 heavy (non-hydrogen) atoms. The van der Waals surface area contributed by atoms with Crippen molar-refractivity contribution in [2.45, 2.75) is 19.0 Å². The molecule has 0 saturated heterocycles. The standard InChI is InChI=1S/C12H18FNOS/c1-16-9-12(5-6-15)14-8-10-3-2-4-11(13)7-10/h2-4,7,12,14-15H,5-6,8-9H2,1H3. The molecule has 0 aliphatic rings. The summed E-state index contributed by atoms with van der Waals surface area (Å²) < 4.78 is 12.9. The predicted octanol–water partition coefficient (Wildman–Crippen LogP) is 2.03. The summed E-state index contributed by atoms with van der Waals surface area (Å²) in [6, 6.07) is 6.86. The number of halogens is 1. The van der Waals surface area contributed by atoms with E-state index < -0.39 is 0 Å². The topological polar surface area (TPSA) is 32.3 Å². The van der Waals surface area contributed by atoms with Crippen LogP contribution in [0.2, 0.25) is 0 Å². The van der Waals surface area contributed by atoms with Crippen LogP contribution in [0.4, 0.5) is 4.39 Å². The Hall–Kier alpha value is -0.580. The third kappa shape index (κ3) is 4.96. The highest BCUT2D eigenvalue weighted by molar-refractivity contribution is 7.98. The van der Waals surface area contributed by atoms with Gasteiger partial charge in [-0.05, 0) is 30.4 Å². The largest absolute Gasteiger partial charge is 0.396 e. The summed E-state index contributed by atoms with van der Waals surface area (Å²) in [6.07, 6.45) is 2.77. The Morgan fingerprint density at radius 2 is 2.31 bits per heavy atom. The predicted molar refractivity (Wildman–Crippen MR) is 67.1 cm³/mol. The number of hydrogen-bond donors (Lipinski definition) is 2. The first-order chi connectivity index (χ1) is 7.76. The molecule has 0 aliphatic carbocycles. The van der Waals surface area contributed by atoms with Crippen LogP contribution >= 0.6 is 11.8 Å². The molecule has 0 heterocycles. The number of benzene rings is 1. The summed E-state index contributed by atoms with van der Waals surface area (Å²) in [5.74, 6) is 0.749. The van der Waals surface area contributed by atoms with Crippen LogP contribution in [0.25, 0.3) is 0 Å². The first kappa shape index (κ1) is 13.5. The Bertz CT molecular complexity index is 303. The van der Waals surface area contributed by atoms with Crippen LogP contribution in [0, 0.1) is 5.82 Å². The van der Waals surface area contributed by atoms with Gasteiger partial charge in [-0.1, -0.05) is 12.1 Å². The zero-order chi connectivity index (χ0) is 11.8. The number of aliphatic hydroxyl groups excluding tert-OH is 1. The minimum Gasteiger partial charge on any atom is -0.396 e. The van der Waals surface area contributed by atoms with Gasteiger partial charge in [-0.3, -0.25) is 0 Å². The van der Waals surface area contributed by atoms with E-state index in [1.807, 2.05) is 12.3 Å². The molecule has 0 spiro atoms. The Balaban J connectivity index is 2.41. The van der Waals surface area contributed by atoms with Crippen molar-refractivity contribution in [3.05, 3.63) is 35.6 Å². The lowest BCUT2D eigenvalue weighted by molar-refractivity contribution is 0.269. The molecule has 0 bridgehead atoms. The fourth-order valence-electron chi connectivity index (χ4n) is 1.51. The van der Waals surface area contributed by atoms with Crippen LogP contribution in [0.5, 0.6) is 0 Å². The van der Waals surface area contributed by atoms with E-state index in [4.69, 9.17) is 5.11 Å².